The number of oxime groups is 1. The summed E-state index contributed by atoms with van der Waals surface area (Å²) in [6, 6.07) is 14.1. The van der Waals surface area contributed by atoms with Gasteiger partial charge in [-0.3, -0.25) is 0 Å². The van der Waals surface area contributed by atoms with Gasteiger partial charge in [0.05, 0.1) is 0 Å². The molecule has 0 atom stereocenters. The van der Waals surface area contributed by atoms with Gasteiger partial charge in [-0.05, 0) is 29.3 Å². The Hall–Kier alpha value is -2.50. The molecule has 2 aromatic rings. The summed E-state index contributed by atoms with van der Waals surface area (Å²) in [4.78, 5) is 16.0. The second kappa shape index (κ2) is 9.11. The molecule has 0 saturated carbocycles. The maximum absolute atomic E-state index is 11.4. The molecular weight excluding hydrogens is 365 g/mol. The van der Waals surface area contributed by atoms with E-state index in [1.54, 1.807) is 48.5 Å². The molecule has 0 aromatic heterocycles. The second-order valence-electron chi connectivity index (χ2n) is 4.88. The van der Waals surface area contributed by atoms with Gasteiger partial charge in [-0.15, -0.1) is 0 Å². The van der Waals surface area contributed by atoms with E-state index in [2.05, 4.69) is 9.99 Å². The first-order valence-electron chi connectivity index (χ1n) is 7.19. The predicted molar refractivity (Wildman–Crippen MR) is 98.1 cm³/mol. The first-order valence-corrected chi connectivity index (χ1v) is 7.95. The number of carboxylic acids is 1. The number of nitrogens with zero attached hydrogens (tertiary/aromatic N) is 1. The van der Waals surface area contributed by atoms with Gasteiger partial charge in [0.25, 0.3) is 0 Å². The molecule has 0 spiro atoms. The van der Waals surface area contributed by atoms with Crippen LogP contribution in [0, 0.1) is 0 Å². The Morgan fingerprint density at radius 1 is 1.20 bits per heavy atom. The molecule has 1 N–H and O–H groups in total. The van der Waals surface area contributed by atoms with Crippen molar-refractivity contribution in [1.82, 2.24) is 0 Å². The summed E-state index contributed by atoms with van der Waals surface area (Å²) in [5.41, 5.74) is 1.69. The zero-order valence-corrected chi connectivity index (χ0v) is 14.8. The first kappa shape index (κ1) is 18.8. The monoisotopic (exact) mass is 379 g/mol. The van der Waals surface area contributed by atoms with Crippen LogP contribution in [0.2, 0.25) is 0 Å². The van der Waals surface area contributed by atoms with E-state index in [0.717, 1.165) is 5.56 Å². The lowest BCUT2D eigenvalue weighted by molar-refractivity contribution is -0.129. The average Bonchev–Trinajstić information content (AvgIpc) is 2.58. The lowest BCUT2D eigenvalue weighted by Gasteiger charge is -2.11. The van der Waals surface area contributed by atoms with E-state index in [9.17, 15) is 9.90 Å². The van der Waals surface area contributed by atoms with Crippen molar-refractivity contribution in [3.63, 3.8) is 0 Å². The smallest absolute Gasteiger partial charge is 0.358 e. The van der Waals surface area contributed by atoms with Crippen LogP contribution in [0.15, 0.2) is 58.2 Å². The third-order valence-corrected chi connectivity index (χ3v) is 3.40. The van der Waals surface area contributed by atoms with Crippen LogP contribution in [-0.2, 0) is 16.2 Å². The molecule has 0 saturated heterocycles. The van der Waals surface area contributed by atoms with E-state index in [4.69, 9.17) is 27.9 Å². The third kappa shape index (κ3) is 5.52. The van der Waals surface area contributed by atoms with E-state index in [1.807, 2.05) is 6.07 Å². The highest BCUT2D eigenvalue weighted by Gasteiger charge is 2.17. The van der Waals surface area contributed by atoms with Crippen LogP contribution in [0.1, 0.15) is 16.7 Å². The average molecular weight is 380 g/mol. The van der Waals surface area contributed by atoms with Crippen LogP contribution in [0.4, 0.5) is 0 Å². The summed E-state index contributed by atoms with van der Waals surface area (Å²) < 4.78 is 5.90. The number of rotatable bonds is 7. The molecule has 0 bridgehead atoms. The van der Waals surface area contributed by atoms with Gasteiger partial charge in [-0.25, -0.2) is 4.79 Å². The summed E-state index contributed by atoms with van der Waals surface area (Å²) >= 11 is 11.3. The largest absolute Gasteiger partial charge is 0.489 e. The Morgan fingerprint density at radius 2 is 1.96 bits per heavy atom. The standard InChI is InChI=1S/C18H15Cl2NO4/c1-24-21-17(18(22)23)15-8-3-2-6-13(15)11-25-14-7-4-5-12(9-14)10-16(19)20/h2-10H,11H2,1H3,(H,22,23). The zero-order valence-electron chi connectivity index (χ0n) is 13.3. The molecule has 0 unspecified atom stereocenters. The maximum atomic E-state index is 11.4. The lowest BCUT2D eigenvalue weighted by atomic mass is 10.0. The van der Waals surface area contributed by atoms with E-state index in [0.29, 0.717) is 16.9 Å². The van der Waals surface area contributed by atoms with Crippen molar-refractivity contribution in [3.05, 3.63) is 69.7 Å². The number of carboxylic acid groups (broad SMARTS) is 1. The van der Waals surface area contributed by atoms with Crippen molar-refractivity contribution < 1.29 is 19.5 Å². The molecule has 5 nitrogen and oxygen atoms in total. The zero-order chi connectivity index (χ0) is 18.2. The minimum absolute atomic E-state index is 0.143. The fraction of sp³-hybridized carbons (Fsp3) is 0.111. The van der Waals surface area contributed by atoms with Gasteiger partial charge in [-0.2, -0.15) is 0 Å². The third-order valence-electron chi connectivity index (χ3n) is 3.19. The van der Waals surface area contributed by atoms with E-state index in [-0.39, 0.29) is 16.8 Å². The number of hydrogen-bond acceptors (Lipinski definition) is 4. The van der Waals surface area contributed by atoms with Crippen LogP contribution < -0.4 is 4.74 Å². The van der Waals surface area contributed by atoms with Gasteiger partial charge in [0.1, 0.15) is 24.0 Å². The molecule has 0 aliphatic heterocycles. The summed E-state index contributed by atoms with van der Waals surface area (Å²) in [5.74, 6) is -0.586. The number of aliphatic carboxylic acids is 1. The lowest BCUT2D eigenvalue weighted by Crippen LogP contribution is -2.17. The van der Waals surface area contributed by atoms with Gasteiger partial charge in [0, 0.05) is 5.56 Å². The summed E-state index contributed by atoms with van der Waals surface area (Å²) in [7, 11) is 1.29. The van der Waals surface area contributed by atoms with Crippen LogP contribution in [0.5, 0.6) is 5.75 Å². The van der Waals surface area contributed by atoms with Crippen molar-refractivity contribution in [2.24, 2.45) is 5.16 Å². The molecule has 0 aliphatic rings. The van der Waals surface area contributed by atoms with E-state index >= 15 is 0 Å². The van der Waals surface area contributed by atoms with E-state index < -0.39 is 5.97 Å². The Kier molecular flexibility index (Phi) is 6.86. The molecule has 0 aliphatic carbocycles. The minimum Gasteiger partial charge on any atom is -0.489 e. The summed E-state index contributed by atoms with van der Waals surface area (Å²) in [6.45, 7) is 0.161. The minimum atomic E-state index is -1.18. The fourth-order valence-electron chi connectivity index (χ4n) is 2.15. The topological polar surface area (TPSA) is 68.1 Å². The summed E-state index contributed by atoms with van der Waals surface area (Å²) in [6.07, 6.45) is 1.59. The molecule has 0 heterocycles. The van der Waals surface area contributed by atoms with Crippen molar-refractivity contribution in [2.75, 3.05) is 7.11 Å². The number of benzene rings is 2. The van der Waals surface area contributed by atoms with Crippen LogP contribution in [-0.4, -0.2) is 23.9 Å². The van der Waals surface area contributed by atoms with Gasteiger partial charge < -0.3 is 14.7 Å². The highest BCUT2D eigenvalue weighted by atomic mass is 35.5. The Morgan fingerprint density at radius 3 is 2.64 bits per heavy atom. The second-order valence-corrected chi connectivity index (χ2v) is 5.89. The fourth-order valence-corrected chi connectivity index (χ4v) is 2.41. The number of hydrogen-bond donors (Lipinski definition) is 1. The predicted octanol–water partition coefficient (Wildman–Crippen LogP) is 4.48. The highest BCUT2D eigenvalue weighted by Crippen LogP contribution is 2.20. The molecule has 0 fully saturated rings. The molecule has 25 heavy (non-hydrogen) atoms. The van der Waals surface area contributed by atoms with Gasteiger partial charge in [-0.1, -0.05) is 64.8 Å². The van der Waals surface area contributed by atoms with Crippen molar-refractivity contribution in [1.29, 1.82) is 0 Å². The molecule has 2 rings (SSSR count). The molecule has 0 radical (unpaired) electrons. The quantitative estimate of drug-likeness (QED) is 0.568. The molecule has 2 aromatic carbocycles. The van der Waals surface area contributed by atoms with Gasteiger partial charge in [0.2, 0.25) is 0 Å². The first-order chi connectivity index (χ1) is 12.0. The van der Waals surface area contributed by atoms with Gasteiger partial charge >= 0.3 is 5.97 Å². The highest BCUT2D eigenvalue weighted by molar-refractivity contribution is 6.57. The number of halogens is 2. The number of carbonyl (C=O) groups is 1. The van der Waals surface area contributed by atoms with Crippen molar-refractivity contribution in [2.45, 2.75) is 6.61 Å². The Balaban J connectivity index is 2.23. The molecule has 130 valence electrons. The van der Waals surface area contributed by atoms with Gasteiger partial charge in [0.15, 0.2) is 5.71 Å². The molecular formula is C18H15Cl2NO4. The van der Waals surface area contributed by atoms with E-state index in [1.165, 1.54) is 7.11 Å². The Bertz CT molecular complexity index is 814. The SMILES string of the molecule is CON=C(C(=O)O)c1ccccc1COc1cccc(C=C(Cl)Cl)c1. The van der Waals surface area contributed by atoms with Crippen LogP contribution in [0.3, 0.4) is 0 Å². The molecule has 0 amide bonds. The van der Waals surface area contributed by atoms with Crippen molar-refractivity contribution >= 4 is 41.0 Å². The van der Waals surface area contributed by atoms with Crippen LogP contribution >= 0.6 is 23.2 Å². The number of ether oxygens (including phenoxy) is 1. The molecule has 7 heteroatoms. The maximum Gasteiger partial charge on any atom is 0.358 e. The van der Waals surface area contributed by atoms with Crippen LogP contribution in [0.25, 0.3) is 6.08 Å². The normalized spacial score (nSPS) is 10.9. The summed E-state index contributed by atoms with van der Waals surface area (Å²) in [5, 5.41) is 12.9. The Labute approximate surface area is 155 Å². The van der Waals surface area contributed by atoms with Crippen molar-refractivity contribution in [3.8, 4) is 5.75 Å².